The Bertz CT molecular complexity index is 989. The van der Waals surface area contributed by atoms with Gasteiger partial charge in [-0.05, 0) is 49.2 Å². The highest BCUT2D eigenvalue weighted by atomic mass is 16.1. The van der Waals surface area contributed by atoms with Crippen molar-refractivity contribution >= 4 is 16.8 Å². The number of hydrogen-bond acceptors (Lipinski definition) is 4. The van der Waals surface area contributed by atoms with E-state index in [0.29, 0.717) is 22.2 Å². The number of hydrogen-bond donors (Lipinski definition) is 1. The van der Waals surface area contributed by atoms with Crippen LogP contribution < -0.4 is 10.9 Å². The summed E-state index contributed by atoms with van der Waals surface area (Å²) in [7, 11) is 0. The minimum absolute atomic E-state index is 0.0691. The minimum Gasteiger partial charge on any atom is -0.349 e. The fourth-order valence-electron chi connectivity index (χ4n) is 3.43. The molecular weight excluding hydrogens is 328 g/mol. The van der Waals surface area contributed by atoms with Gasteiger partial charge in [0, 0.05) is 11.6 Å². The Kier molecular flexibility index (Phi) is 4.48. The molecule has 0 radical (unpaired) electrons. The third kappa shape index (κ3) is 3.22. The first-order valence-corrected chi connectivity index (χ1v) is 8.98. The summed E-state index contributed by atoms with van der Waals surface area (Å²) in [6, 6.07) is 14.3. The third-order valence-electron chi connectivity index (χ3n) is 4.88. The Balaban J connectivity index is 1.57. The van der Waals surface area contributed by atoms with Crippen LogP contribution in [-0.4, -0.2) is 26.9 Å². The second-order valence-electron chi connectivity index (χ2n) is 6.68. The number of carbonyl (C=O) groups excluding carboxylic acids is 1. The lowest BCUT2D eigenvalue weighted by molar-refractivity contribution is 0.0927. The molecule has 1 fully saturated rings. The van der Waals surface area contributed by atoms with Crippen molar-refractivity contribution in [2.75, 3.05) is 0 Å². The summed E-state index contributed by atoms with van der Waals surface area (Å²) in [4.78, 5) is 25.0. The van der Waals surface area contributed by atoms with Gasteiger partial charge in [-0.15, -0.1) is 5.10 Å². The van der Waals surface area contributed by atoms with E-state index in [0.717, 1.165) is 12.8 Å². The summed E-state index contributed by atoms with van der Waals surface area (Å²) in [5.74, 6) is -0.0691. The van der Waals surface area contributed by atoms with Gasteiger partial charge in [0.05, 0.1) is 11.1 Å². The molecule has 4 rings (SSSR count). The van der Waals surface area contributed by atoms with Crippen molar-refractivity contribution in [1.29, 1.82) is 0 Å². The summed E-state index contributed by atoms with van der Waals surface area (Å²) in [6.07, 6.45) is 5.70. The summed E-state index contributed by atoms with van der Waals surface area (Å²) < 4.78 is 1.26. The van der Waals surface area contributed by atoms with E-state index in [1.54, 1.807) is 42.5 Å². The average Bonchev–Trinajstić information content (AvgIpc) is 2.69. The quantitative estimate of drug-likeness (QED) is 0.789. The van der Waals surface area contributed by atoms with Crippen molar-refractivity contribution in [1.82, 2.24) is 20.3 Å². The fraction of sp³-hybridized carbons (Fsp3) is 0.300. The molecular formula is C20H20N4O2. The van der Waals surface area contributed by atoms with Crippen LogP contribution in [0.1, 0.15) is 42.5 Å². The molecule has 0 unspecified atom stereocenters. The van der Waals surface area contributed by atoms with E-state index in [-0.39, 0.29) is 17.5 Å². The number of aromatic nitrogens is 3. The van der Waals surface area contributed by atoms with Crippen LogP contribution in [0.4, 0.5) is 0 Å². The molecule has 1 aromatic heterocycles. The first kappa shape index (κ1) is 16.4. The van der Waals surface area contributed by atoms with Gasteiger partial charge >= 0.3 is 0 Å². The van der Waals surface area contributed by atoms with Crippen LogP contribution in [0, 0.1) is 0 Å². The molecule has 0 bridgehead atoms. The highest BCUT2D eigenvalue weighted by Gasteiger charge is 2.16. The maximum absolute atomic E-state index is 12.6. The molecule has 3 aromatic rings. The van der Waals surface area contributed by atoms with E-state index < -0.39 is 0 Å². The molecule has 2 aromatic carbocycles. The van der Waals surface area contributed by atoms with Crippen LogP contribution in [0.3, 0.4) is 0 Å². The Hall–Kier alpha value is -3.02. The van der Waals surface area contributed by atoms with E-state index in [4.69, 9.17) is 0 Å². The number of amides is 1. The number of nitrogens with zero attached hydrogens (tertiary/aromatic N) is 3. The van der Waals surface area contributed by atoms with Crippen LogP contribution >= 0.6 is 0 Å². The van der Waals surface area contributed by atoms with Crippen LogP contribution in [-0.2, 0) is 0 Å². The Morgan fingerprint density at radius 1 is 1.00 bits per heavy atom. The van der Waals surface area contributed by atoms with Gasteiger partial charge in [0.2, 0.25) is 0 Å². The smallest absolute Gasteiger partial charge is 0.282 e. The van der Waals surface area contributed by atoms with Gasteiger partial charge in [-0.3, -0.25) is 9.59 Å². The van der Waals surface area contributed by atoms with Crippen molar-refractivity contribution in [2.45, 2.75) is 38.1 Å². The van der Waals surface area contributed by atoms with Crippen molar-refractivity contribution in [3.05, 3.63) is 64.4 Å². The zero-order valence-electron chi connectivity index (χ0n) is 14.4. The molecule has 1 N–H and O–H groups in total. The maximum atomic E-state index is 12.6. The molecule has 1 saturated carbocycles. The SMILES string of the molecule is O=C(NC1CCCCC1)c1ccc(-n2nnc3ccccc3c2=O)cc1. The highest BCUT2D eigenvalue weighted by Crippen LogP contribution is 2.18. The van der Waals surface area contributed by atoms with E-state index in [1.807, 2.05) is 6.07 Å². The summed E-state index contributed by atoms with van der Waals surface area (Å²) in [5.41, 5.74) is 1.51. The molecule has 6 nitrogen and oxygen atoms in total. The molecule has 1 heterocycles. The van der Waals surface area contributed by atoms with Crippen LogP contribution in [0.2, 0.25) is 0 Å². The number of fused-ring (bicyclic) bond motifs is 1. The Labute approximate surface area is 150 Å². The van der Waals surface area contributed by atoms with Gasteiger partial charge in [0.25, 0.3) is 11.5 Å². The van der Waals surface area contributed by atoms with Gasteiger partial charge in [0.15, 0.2) is 0 Å². The number of benzene rings is 2. The third-order valence-corrected chi connectivity index (χ3v) is 4.88. The largest absolute Gasteiger partial charge is 0.349 e. The standard InChI is InChI=1S/C20H20N4O2/c25-19(21-15-6-2-1-3-7-15)14-10-12-16(13-11-14)24-20(26)17-8-4-5-9-18(17)22-23-24/h4-5,8-13,15H,1-3,6-7H2,(H,21,25). The normalized spacial score (nSPS) is 15.1. The predicted octanol–water partition coefficient (Wildman–Crippen LogP) is 2.84. The fourth-order valence-corrected chi connectivity index (χ4v) is 3.43. The van der Waals surface area contributed by atoms with Crippen LogP contribution in [0.15, 0.2) is 53.3 Å². The summed E-state index contributed by atoms with van der Waals surface area (Å²) in [5, 5.41) is 11.7. The molecule has 6 heteroatoms. The molecule has 0 atom stereocenters. The predicted molar refractivity (Wildman–Crippen MR) is 99.5 cm³/mol. The first-order valence-electron chi connectivity index (χ1n) is 8.98. The molecule has 1 aliphatic rings. The van der Waals surface area contributed by atoms with Gasteiger partial charge in [-0.25, -0.2) is 0 Å². The summed E-state index contributed by atoms with van der Waals surface area (Å²) in [6.45, 7) is 0. The van der Waals surface area contributed by atoms with E-state index in [1.165, 1.54) is 23.9 Å². The zero-order chi connectivity index (χ0) is 17.9. The molecule has 1 amide bonds. The highest BCUT2D eigenvalue weighted by molar-refractivity contribution is 5.94. The minimum atomic E-state index is -0.227. The molecule has 0 spiro atoms. The summed E-state index contributed by atoms with van der Waals surface area (Å²) >= 11 is 0. The Morgan fingerprint density at radius 2 is 1.73 bits per heavy atom. The monoisotopic (exact) mass is 348 g/mol. The zero-order valence-corrected chi connectivity index (χ0v) is 14.4. The molecule has 0 aliphatic heterocycles. The molecule has 1 aliphatic carbocycles. The lowest BCUT2D eigenvalue weighted by Crippen LogP contribution is -2.36. The molecule has 26 heavy (non-hydrogen) atoms. The van der Waals surface area contributed by atoms with Crippen molar-refractivity contribution in [2.24, 2.45) is 0 Å². The van der Waals surface area contributed by atoms with E-state index in [9.17, 15) is 9.59 Å². The van der Waals surface area contributed by atoms with E-state index in [2.05, 4.69) is 15.6 Å². The lowest BCUT2D eigenvalue weighted by atomic mass is 9.95. The van der Waals surface area contributed by atoms with Crippen LogP contribution in [0.5, 0.6) is 0 Å². The topological polar surface area (TPSA) is 76.9 Å². The molecule has 132 valence electrons. The number of nitrogens with one attached hydrogen (secondary N) is 1. The van der Waals surface area contributed by atoms with Crippen molar-refractivity contribution in [3.63, 3.8) is 0 Å². The lowest BCUT2D eigenvalue weighted by Gasteiger charge is -2.22. The van der Waals surface area contributed by atoms with Gasteiger partial charge < -0.3 is 5.32 Å². The number of rotatable bonds is 3. The average molecular weight is 348 g/mol. The van der Waals surface area contributed by atoms with Crippen molar-refractivity contribution in [3.8, 4) is 5.69 Å². The van der Waals surface area contributed by atoms with Gasteiger partial charge in [-0.2, -0.15) is 4.68 Å². The van der Waals surface area contributed by atoms with Gasteiger partial charge in [0.1, 0.15) is 5.52 Å². The van der Waals surface area contributed by atoms with E-state index >= 15 is 0 Å². The second-order valence-corrected chi connectivity index (χ2v) is 6.68. The van der Waals surface area contributed by atoms with Gasteiger partial charge in [-0.1, -0.05) is 36.6 Å². The number of carbonyl (C=O) groups is 1. The van der Waals surface area contributed by atoms with Crippen LogP contribution in [0.25, 0.3) is 16.6 Å². The maximum Gasteiger partial charge on any atom is 0.282 e. The molecule has 0 saturated heterocycles. The van der Waals surface area contributed by atoms with Crippen molar-refractivity contribution < 1.29 is 4.79 Å². The second kappa shape index (κ2) is 7.07. The first-order chi connectivity index (χ1) is 12.7. The Morgan fingerprint density at radius 3 is 2.50 bits per heavy atom.